The summed E-state index contributed by atoms with van der Waals surface area (Å²) in [4.78, 5) is 26.2. The summed E-state index contributed by atoms with van der Waals surface area (Å²) >= 11 is 0. The van der Waals surface area contributed by atoms with Crippen molar-refractivity contribution in [3.05, 3.63) is 78.1 Å². The van der Waals surface area contributed by atoms with Crippen LogP contribution in [-0.2, 0) is 11.3 Å². The number of rotatable bonds is 5. The maximum Gasteiger partial charge on any atom is 0.251 e. The zero-order valence-corrected chi connectivity index (χ0v) is 15.5. The molecule has 4 rings (SSSR count). The molecule has 0 spiro atoms. The van der Waals surface area contributed by atoms with E-state index in [1.165, 1.54) is 0 Å². The Morgan fingerprint density at radius 2 is 1.75 bits per heavy atom. The molecule has 2 aromatic carbocycles. The first kappa shape index (κ1) is 18.0. The largest absolute Gasteiger partial charge is 0.348 e. The van der Waals surface area contributed by atoms with Gasteiger partial charge in [0, 0.05) is 43.2 Å². The molecule has 0 bridgehead atoms. The molecule has 1 aliphatic heterocycles. The van der Waals surface area contributed by atoms with Gasteiger partial charge in [0.05, 0.1) is 5.69 Å². The van der Waals surface area contributed by atoms with Crippen LogP contribution in [0.5, 0.6) is 0 Å². The first-order chi connectivity index (χ1) is 13.7. The van der Waals surface area contributed by atoms with Crippen LogP contribution in [0.3, 0.4) is 0 Å². The number of aromatic nitrogens is 2. The third-order valence-electron chi connectivity index (χ3n) is 4.92. The first-order valence-electron chi connectivity index (χ1n) is 9.48. The van der Waals surface area contributed by atoms with E-state index < -0.39 is 0 Å². The van der Waals surface area contributed by atoms with Crippen molar-refractivity contribution in [2.45, 2.75) is 25.8 Å². The number of benzene rings is 2. The Morgan fingerprint density at radius 1 is 1.00 bits per heavy atom. The second kappa shape index (κ2) is 8.08. The summed E-state index contributed by atoms with van der Waals surface area (Å²) in [6, 6.07) is 17.0. The second-order valence-corrected chi connectivity index (χ2v) is 6.85. The summed E-state index contributed by atoms with van der Waals surface area (Å²) in [6.45, 7) is 1.20. The predicted molar refractivity (Wildman–Crippen MR) is 107 cm³/mol. The number of nitrogens with one attached hydrogen (secondary N) is 1. The minimum Gasteiger partial charge on any atom is -0.348 e. The summed E-state index contributed by atoms with van der Waals surface area (Å²) < 4.78 is 1.79. The van der Waals surface area contributed by atoms with Crippen LogP contribution in [0, 0.1) is 0 Å². The number of carbonyl (C=O) groups is 2. The molecule has 0 saturated carbocycles. The molecule has 6 nitrogen and oxygen atoms in total. The highest BCUT2D eigenvalue weighted by Crippen LogP contribution is 2.21. The van der Waals surface area contributed by atoms with Crippen molar-refractivity contribution < 1.29 is 9.59 Å². The lowest BCUT2D eigenvalue weighted by molar-refractivity contribution is -0.119. The summed E-state index contributed by atoms with van der Waals surface area (Å²) in [5.74, 6) is 0.0229. The van der Waals surface area contributed by atoms with E-state index in [9.17, 15) is 9.59 Å². The van der Waals surface area contributed by atoms with Gasteiger partial charge in [0.25, 0.3) is 5.91 Å². The van der Waals surface area contributed by atoms with Gasteiger partial charge in [0.1, 0.15) is 0 Å². The van der Waals surface area contributed by atoms with Crippen molar-refractivity contribution in [1.29, 1.82) is 0 Å². The molecule has 2 heterocycles. The standard InChI is InChI=1S/C22H22N4O2/c27-21-4-1-2-14-25(21)19-11-7-18(8-12-19)22(28)23-16-17-5-9-20(10-6-17)26-15-3-13-24-26/h3,5-13,15H,1-2,4,14,16H2,(H,23,28). The van der Waals surface area contributed by atoms with Crippen molar-refractivity contribution in [2.24, 2.45) is 0 Å². The molecular formula is C22H22N4O2. The van der Waals surface area contributed by atoms with Gasteiger partial charge in [0.2, 0.25) is 5.91 Å². The second-order valence-electron chi connectivity index (χ2n) is 6.85. The van der Waals surface area contributed by atoms with Gasteiger partial charge in [0.15, 0.2) is 0 Å². The number of anilines is 1. The average molecular weight is 374 g/mol. The van der Waals surface area contributed by atoms with E-state index in [4.69, 9.17) is 0 Å². The summed E-state index contributed by atoms with van der Waals surface area (Å²) in [7, 11) is 0. The van der Waals surface area contributed by atoms with Crippen LogP contribution in [0.4, 0.5) is 5.69 Å². The van der Waals surface area contributed by atoms with Gasteiger partial charge in [-0.1, -0.05) is 12.1 Å². The van der Waals surface area contributed by atoms with Crippen LogP contribution in [0.25, 0.3) is 5.69 Å². The molecule has 0 aliphatic carbocycles. The quantitative estimate of drug-likeness (QED) is 0.745. The zero-order chi connectivity index (χ0) is 19.3. The molecule has 1 fully saturated rings. The van der Waals surface area contributed by atoms with E-state index in [0.717, 1.165) is 36.3 Å². The molecule has 6 heteroatoms. The van der Waals surface area contributed by atoms with E-state index in [0.29, 0.717) is 18.5 Å². The molecule has 142 valence electrons. The lowest BCUT2D eigenvalue weighted by Crippen LogP contribution is -2.35. The van der Waals surface area contributed by atoms with E-state index in [-0.39, 0.29) is 11.8 Å². The van der Waals surface area contributed by atoms with Gasteiger partial charge in [-0.2, -0.15) is 5.10 Å². The van der Waals surface area contributed by atoms with Crippen LogP contribution in [0.2, 0.25) is 0 Å². The van der Waals surface area contributed by atoms with Crippen LogP contribution >= 0.6 is 0 Å². The van der Waals surface area contributed by atoms with Gasteiger partial charge in [-0.25, -0.2) is 4.68 Å². The molecule has 1 aromatic heterocycles. The van der Waals surface area contributed by atoms with Crippen LogP contribution in [-0.4, -0.2) is 28.1 Å². The normalized spacial score (nSPS) is 14.1. The van der Waals surface area contributed by atoms with Gasteiger partial charge in [-0.3, -0.25) is 9.59 Å². The fourth-order valence-electron chi connectivity index (χ4n) is 3.34. The molecule has 1 saturated heterocycles. The highest BCUT2D eigenvalue weighted by molar-refractivity contribution is 5.96. The van der Waals surface area contributed by atoms with Crippen LogP contribution in [0.15, 0.2) is 67.0 Å². The van der Waals surface area contributed by atoms with Gasteiger partial charge < -0.3 is 10.2 Å². The van der Waals surface area contributed by atoms with Crippen LogP contribution < -0.4 is 10.2 Å². The Labute approximate surface area is 163 Å². The fourth-order valence-corrected chi connectivity index (χ4v) is 3.34. The van der Waals surface area contributed by atoms with Crippen molar-refractivity contribution in [3.8, 4) is 5.69 Å². The number of nitrogens with zero attached hydrogens (tertiary/aromatic N) is 3. The zero-order valence-electron chi connectivity index (χ0n) is 15.5. The smallest absolute Gasteiger partial charge is 0.251 e. The first-order valence-corrected chi connectivity index (χ1v) is 9.48. The Hall–Kier alpha value is -3.41. The lowest BCUT2D eigenvalue weighted by Gasteiger charge is -2.26. The van der Waals surface area contributed by atoms with Crippen molar-refractivity contribution in [3.63, 3.8) is 0 Å². The maximum atomic E-state index is 12.4. The highest BCUT2D eigenvalue weighted by atomic mass is 16.2. The van der Waals surface area contributed by atoms with Crippen molar-refractivity contribution in [2.75, 3.05) is 11.4 Å². The number of piperidine rings is 1. The van der Waals surface area contributed by atoms with E-state index in [1.54, 1.807) is 27.9 Å². The molecule has 0 atom stereocenters. The minimum atomic E-state index is -0.132. The Bertz CT molecular complexity index is 947. The Kier molecular flexibility index (Phi) is 5.19. The molecule has 2 amide bonds. The topological polar surface area (TPSA) is 67.2 Å². The molecule has 1 N–H and O–H groups in total. The molecule has 3 aromatic rings. The number of hydrogen-bond donors (Lipinski definition) is 1. The van der Waals surface area contributed by atoms with E-state index >= 15 is 0 Å². The SMILES string of the molecule is O=C(NCc1ccc(-n2cccn2)cc1)c1ccc(N2CCCCC2=O)cc1. The average Bonchev–Trinajstić information content (AvgIpc) is 3.28. The molecular weight excluding hydrogens is 352 g/mol. The molecule has 0 radical (unpaired) electrons. The number of hydrogen-bond acceptors (Lipinski definition) is 3. The lowest BCUT2D eigenvalue weighted by atomic mass is 10.1. The number of carbonyl (C=O) groups excluding carboxylic acids is 2. The predicted octanol–water partition coefficient (Wildman–Crippen LogP) is 3.32. The van der Waals surface area contributed by atoms with Crippen LogP contribution in [0.1, 0.15) is 35.2 Å². The number of amides is 2. The maximum absolute atomic E-state index is 12.4. The van der Waals surface area contributed by atoms with Crippen molar-refractivity contribution >= 4 is 17.5 Å². The Balaban J connectivity index is 1.35. The van der Waals surface area contributed by atoms with Crippen molar-refractivity contribution in [1.82, 2.24) is 15.1 Å². The van der Waals surface area contributed by atoms with Gasteiger partial charge in [-0.05, 0) is 60.9 Å². The monoisotopic (exact) mass is 374 g/mol. The van der Waals surface area contributed by atoms with Gasteiger partial charge >= 0.3 is 0 Å². The Morgan fingerprint density at radius 3 is 2.43 bits per heavy atom. The van der Waals surface area contributed by atoms with Gasteiger partial charge in [-0.15, -0.1) is 0 Å². The summed E-state index contributed by atoms with van der Waals surface area (Å²) in [6.07, 6.45) is 6.20. The highest BCUT2D eigenvalue weighted by Gasteiger charge is 2.19. The summed E-state index contributed by atoms with van der Waals surface area (Å²) in [5.41, 5.74) is 3.43. The summed E-state index contributed by atoms with van der Waals surface area (Å²) in [5, 5.41) is 7.13. The minimum absolute atomic E-state index is 0.132. The fraction of sp³-hybridized carbons (Fsp3) is 0.227. The molecule has 0 unspecified atom stereocenters. The molecule has 28 heavy (non-hydrogen) atoms. The molecule has 1 aliphatic rings. The third-order valence-corrected chi connectivity index (χ3v) is 4.92. The van der Waals surface area contributed by atoms with E-state index in [2.05, 4.69) is 10.4 Å². The third kappa shape index (κ3) is 3.96. The van der Waals surface area contributed by atoms with E-state index in [1.807, 2.05) is 48.7 Å².